The maximum absolute atomic E-state index is 12.1. The molecule has 0 bridgehead atoms. The number of aliphatic carboxylic acids is 1. The van der Waals surface area contributed by atoms with E-state index in [1.807, 2.05) is 0 Å². The van der Waals surface area contributed by atoms with Crippen LogP contribution in [0, 0.1) is 10.1 Å². The molecule has 2 atom stereocenters. The first-order valence-electron chi connectivity index (χ1n) is 11.3. The molecule has 1 aromatic rings. The lowest BCUT2D eigenvalue weighted by molar-refractivity contribution is -0.384. The van der Waals surface area contributed by atoms with E-state index in [0.29, 0.717) is 6.42 Å². The molecule has 174 valence electrons. The van der Waals surface area contributed by atoms with Gasteiger partial charge in [-0.1, -0.05) is 71.1 Å². The zero-order chi connectivity index (χ0) is 23.1. The monoisotopic (exact) mass is 436 g/mol. The van der Waals surface area contributed by atoms with Crippen molar-refractivity contribution in [1.82, 2.24) is 5.32 Å². The Morgan fingerprint density at radius 1 is 0.935 bits per heavy atom. The number of carboxylic acids is 1. The van der Waals surface area contributed by atoms with Crippen LogP contribution in [0.15, 0.2) is 24.3 Å². The predicted octanol–water partition coefficient (Wildman–Crippen LogP) is 4.90. The van der Waals surface area contributed by atoms with Crippen molar-refractivity contribution in [1.29, 1.82) is 0 Å². The Kier molecular flexibility index (Phi) is 13.1. The Balaban J connectivity index is 2.29. The molecule has 8 nitrogen and oxygen atoms in total. The van der Waals surface area contributed by atoms with Crippen molar-refractivity contribution in [2.75, 3.05) is 0 Å². The van der Waals surface area contributed by atoms with Gasteiger partial charge in [0, 0.05) is 18.6 Å². The molecule has 0 heterocycles. The number of carboxylic acid groups (broad SMARTS) is 1. The second-order valence-corrected chi connectivity index (χ2v) is 7.96. The van der Waals surface area contributed by atoms with E-state index in [2.05, 4.69) is 12.2 Å². The molecule has 0 unspecified atom stereocenters. The highest BCUT2D eigenvalue weighted by atomic mass is 16.6. The van der Waals surface area contributed by atoms with Crippen molar-refractivity contribution in [3.8, 4) is 0 Å². The van der Waals surface area contributed by atoms with Gasteiger partial charge < -0.3 is 15.5 Å². The molecule has 0 aliphatic heterocycles. The number of nitro benzene ring substituents is 1. The van der Waals surface area contributed by atoms with E-state index in [9.17, 15) is 29.9 Å². The van der Waals surface area contributed by atoms with Gasteiger partial charge in [0.15, 0.2) is 6.04 Å². The van der Waals surface area contributed by atoms with Gasteiger partial charge in [0.05, 0.1) is 4.92 Å². The van der Waals surface area contributed by atoms with E-state index in [1.165, 1.54) is 69.2 Å². The number of unbranched alkanes of at least 4 members (excludes halogenated alkanes) is 10. The highest BCUT2D eigenvalue weighted by molar-refractivity contribution is 5.84. The summed E-state index contributed by atoms with van der Waals surface area (Å²) in [5, 5.41) is 32.8. The molecule has 8 heteroatoms. The van der Waals surface area contributed by atoms with Crippen LogP contribution < -0.4 is 5.32 Å². The summed E-state index contributed by atoms with van der Waals surface area (Å²) < 4.78 is 0. The fraction of sp³-hybridized carbons (Fsp3) is 0.652. The summed E-state index contributed by atoms with van der Waals surface area (Å²) in [6, 6.07) is 3.43. The number of nitrogens with zero attached hydrogens (tertiary/aromatic N) is 1. The maximum Gasteiger partial charge on any atom is 0.329 e. The van der Waals surface area contributed by atoms with Crippen LogP contribution in [0.25, 0.3) is 0 Å². The average Bonchev–Trinajstić information content (AvgIpc) is 2.75. The van der Waals surface area contributed by atoms with Gasteiger partial charge in [-0.2, -0.15) is 0 Å². The third-order valence-electron chi connectivity index (χ3n) is 5.35. The number of amides is 1. The van der Waals surface area contributed by atoms with Crippen LogP contribution in [-0.2, 0) is 9.59 Å². The number of nitrogens with one attached hydrogen (secondary N) is 1. The second kappa shape index (κ2) is 15.3. The van der Waals surface area contributed by atoms with Gasteiger partial charge in [0.2, 0.25) is 5.91 Å². The summed E-state index contributed by atoms with van der Waals surface area (Å²) in [5.41, 5.74) is 0.0244. The van der Waals surface area contributed by atoms with E-state index >= 15 is 0 Å². The topological polar surface area (TPSA) is 130 Å². The predicted molar refractivity (Wildman–Crippen MR) is 119 cm³/mol. The van der Waals surface area contributed by atoms with Crippen molar-refractivity contribution in [3.05, 3.63) is 39.9 Å². The van der Waals surface area contributed by atoms with Gasteiger partial charge in [-0.05, 0) is 24.1 Å². The molecule has 0 aliphatic carbocycles. The van der Waals surface area contributed by atoms with E-state index in [4.69, 9.17) is 0 Å². The molecule has 1 amide bonds. The quantitative estimate of drug-likeness (QED) is 0.181. The Hall–Kier alpha value is -2.48. The van der Waals surface area contributed by atoms with Gasteiger partial charge >= 0.3 is 5.97 Å². The maximum atomic E-state index is 12.1. The molecule has 31 heavy (non-hydrogen) atoms. The number of non-ortho nitro benzene ring substituents is 1. The Labute approximate surface area is 184 Å². The summed E-state index contributed by atoms with van der Waals surface area (Å²) in [5.74, 6) is -1.79. The van der Waals surface area contributed by atoms with Gasteiger partial charge in [0.25, 0.3) is 5.69 Å². The number of carbonyl (C=O) groups is 2. The average molecular weight is 437 g/mol. The van der Waals surface area contributed by atoms with Crippen molar-refractivity contribution in [2.24, 2.45) is 0 Å². The molecule has 0 radical (unpaired) electrons. The van der Waals surface area contributed by atoms with Gasteiger partial charge in [0.1, 0.15) is 6.10 Å². The summed E-state index contributed by atoms with van der Waals surface area (Å²) in [7, 11) is 0. The van der Waals surface area contributed by atoms with E-state index in [0.717, 1.165) is 19.3 Å². The smallest absolute Gasteiger partial charge is 0.329 e. The zero-order valence-corrected chi connectivity index (χ0v) is 18.4. The lowest BCUT2D eigenvalue weighted by Crippen LogP contribution is -2.44. The lowest BCUT2D eigenvalue weighted by atomic mass is 10.0. The van der Waals surface area contributed by atoms with Crippen LogP contribution >= 0.6 is 0 Å². The van der Waals surface area contributed by atoms with Gasteiger partial charge in [-0.15, -0.1) is 0 Å². The minimum atomic E-state index is -1.51. The van der Waals surface area contributed by atoms with Crippen LogP contribution in [0.2, 0.25) is 0 Å². The molecular weight excluding hydrogens is 400 g/mol. The van der Waals surface area contributed by atoms with E-state index in [1.54, 1.807) is 0 Å². The van der Waals surface area contributed by atoms with Crippen LogP contribution in [0.3, 0.4) is 0 Å². The number of hydrogen-bond donors (Lipinski definition) is 3. The Bertz CT molecular complexity index is 677. The molecule has 0 fully saturated rings. The number of nitro groups is 1. The van der Waals surface area contributed by atoms with Crippen molar-refractivity contribution >= 4 is 17.6 Å². The Morgan fingerprint density at radius 2 is 1.42 bits per heavy atom. The molecular formula is C23H36N2O6. The number of aliphatic hydroxyl groups excluding tert-OH is 1. The third kappa shape index (κ3) is 10.9. The molecule has 1 aromatic carbocycles. The van der Waals surface area contributed by atoms with E-state index < -0.39 is 28.9 Å². The minimum absolute atomic E-state index is 0.164. The summed E-state index contributed by atoms with van der Waals surface area (Å²) in [6.45, 7) is 2.21. The van der Waals surface area contributed by atoms with Gasteiger partial charge in [-0.3, -0.25) is 14.9 Å². The summed E-state index contributed by atoms with van der Waals surface area (Å²) >= 11 is 0. The standard InChI is InChI=1S/C23H36N2O6/c1-2-3-4-5-6-7-8-9-10-11-12-13-20(26)24-21(23(28)29)22(27)18-14-16-19(17-15-18)25(30)31/h14-17,21-22,27H,2-13H2,1H3,(H,24,26)(H,28,29)/t21-,22+/m0/s1. The molecule has 0 saturated heterocycles. The van der Waals surface area contributed by atoms with Gasteiger partial charge in [-0.25, -0.2) is 4.79 Å². The number of carbonyl (C=O) groups excluding carboxylic acids is 1. The second-order valence-electron chi connectivity index (χ2n) is 7.96. The highest BCUT2D eigenvalue weighted by Crippen LogP contribution is 2.21. The number of hydrogen-bond acceptors (Lipinski definition) is 5. The Morgan fingerprint density at radius 3 is 1.87 bits per heavy atom. The van der Waals surface area contributed by atoms with E-state index in [-0.39, 0.29) is 17.7 Å². The lowest BCUT2D eigenvalue weighted by Gasteiger charge is -2.20. The van der Waals surface area contributed by atoms with Crippen molar-refractivity contribution < 1.29 is 24.7 Å². The number of aliphatic hydroxyl groups is 1. The third-order valence-corrected chi connectivity index (χ3v) is 5.35. The molecule has 0 aromatic heterocycles. The number of rotatable bonds is 17. The normalized spacial score (nSPS) is 12.8. The van der Waals surface area contributed by atoms with Crippen LogP contribution in [-0.4, -0.2) is 33.1 Å². The first-order valence-corrected chi connectivity index (χ1v) is 11.3. The summed E-state index contributed by atoms with van der Waals surface area (Å²) in [4.78, 5) is 33.7. The fourth-order valence-electron chi connectivity index (χ4n) is 3.46. The summed E-state index contributed by atoms with van der Waals surface area (Å²) in [6.07, 6.45) is 11.4. The van der Waals surface area contributed by atoms with Crippen LogP contribution in [0.5, 0.6) is 0 Å². The molecule has 0 spiro atoms. The highest BCUT2D eigenvalue weighted by Gasteiger charge is 2.29. The van der Waals surface area contributed by atoms with Crippen molar-refractivity contribution in [3.63, 3.8) is 0 Å². The largest absolute Gasteiger partial charge is 0.480 e. The molecule has 3 N–H and O–H groups in total. The SMILES string of the molecule is CCCCCCCCCCCCCC(=O)N[C@H](C(=O)O)[C@H](O)c1ccc([N+](=O)[O-])cc1. The molecule has 1 rings (SSSR count). The molecule has 0 aliphatic rings. The first-order chi connectivity index (χ1) is 14.9. The molecule has 0 saturated carbocycles. The van der Waals surface area contributed by atoms with Crippen molar-refractivity contribution in [2.45, 2.75) is 96.1 Å². The fourth-order valence-corrected chi connectivity index (χ4v) is 3.46. The van der Waals surface area contributed by atoms with Crippen LogP contribution in [0.1, 0.15) is 95.6 Å². The minimum Gasteiger partial charge on any atom is -0.480 e. The van der Waals surface area contributed by atoms with Crippen LogP contribution in [0.4, 0.5) is 5.69 Å². The first kappa shape index (κ1) is 26.6. The number of benzene rings is 1. The zero-order valence-electron chi connectivity index (χ0n) is 18.4.